The zero-order chi connectivity index (χ0) is 13.8. The van der Waals surface area contributed by atoms with E-state index in [2.05, 4.69) is 25.8 Å². The van der Waals surface area contributed by atoms with E-state index in [4.69, 9.17) is 22.4 Å². The van der Waals surface area contributed by atoms with Gasteiger partial charge >= 0.3 is 0 Å². The molecule has 0 spiro atoms. The second kappa shape index (κ2) is 6.34. The molecule has 1 aromatic rings. The van der Waals surface area contributed by atoms with Crippen LogP contribution in [0, 0.1) is 12.3 Å². The van der Waals surface area contributed by atoms with Crippen LogP contribution in [0.15, 0.2) is 16.7 Å². The number of rotatable bonds is 7. The smallest absolute Gasteiger partial charge is 0.105 e. The monoisotopic (exact) mass is 268 g/mol. The fourth-order valence-corrected chi connectivity index (χ4v) is 1.96. The molecule has 0 aliphatic rings. The Balaban J connectivity index is 2.32. The highest BCUT2D eigenvalue weighted by Crippen LogP contribution is 2.22. The van der Waals surface area contributed by atoms with Crippen molar-refractivity contribution < 1.29 is 4.42 Å². The van der Waals surface area contributed by atoms with Crippen molar-refractivity contribution in [1.29, 1.82) is 0 Å². The third-order valence-electron chi connectivity index (χ3n) is 3.42. The number of thiocarbonyl (C=S) groups is 1. The molecular formula is C14H24N2OS. The highest BCUT2D eigenvalue weighted by molar-refractivity contribution is 7.80. The van der Waals surface area contributed by atoms with Crippen molar-refractivity contribution in [2.45, 2.75) is 40.2 Å². The largest absolute Gasteiger partial charge is 0.469 e. The van der Waals surface area contributed by atoms with Gasteiger partial charge in [-0.1, -0.05) is 26.1 Å². The van der Waals surface area contributed by atoms with Crippen LogP contribution in [0.4, 0.5) is 0 Å². The van der Waals surface area contributed by atoms with Crippen molar-refractivity contribution in [3.8, 4) is 0 Å². The molecule has 1 heterocycles. The quantitative estimate of drug-likeness (QED) is 0.772. The summed E-state index contributed by atoms with van der Waals surface area (Å²) in [5.74, 6) is 1.00. The van der Waals surface area contributed by atoms with Gasteiger partial charge in [-0.25, -0.2) is 0 Å². The summed E-state index contributed by atoms with van der Waals surface area (Å²) in [7, 11) is 2.13. The molecule has 0 atom stereocenters. The van der Waals surface area contributed by atoms with Crippen LogP contribution < -0.4 is 5.73 Å². The summed E-state index contributed by atoms with van der Waals surface area (Å²) in [5, 5.41) is 0. The summed E-state index contributed by atoms with van der Waals surface area (Å²) in [6.45, 7) is 8.18. The Labute approximate surface area is 115 Å². The maximum Gasteiger partial charge on any atom is 0.105 e. The molecule has 0 saturated carbocycles. The summed E-state index contributed by atoms with van der Waals surface area (Å²) in [6, 6.07) is 2.03. The Morgan fingerprint density at radius 1 is 1.50 bits per heavy atom. The minimum atomic E-state index is -0.0400. The number of aryl methyl sites for hydroxylation is 1. The van der Waals surface area contributed by atoms with Crippen LogP contribution in [-0.4, -0.2) is 23.5 Å². The highest BCUT2D eigenvalue weighted by Gasteiger charge is 2.20. The highest BCUT2D eigenvalue weighted by atomic mass is 32.1. The van der Waals surface area contributed by atoms with E-state index in [0.29, 0.717) is 4.99 Å². The van der Waals surface area contributed by atoms with Crippen molar-refractivity contribution in [2.24, 2.45) is 11.1 Å². The molecule has 0 radical (unpaired) electrons. The first-order chi connectivity index (χ1) is 8.33. The predicted molar refractivity (Wildman–Crippen MR) is 79.6 cm³/mol. The predicted octanol–water partition coefficient (Wildman–Crippen LogP) is 3.11. The summed E-state index contributed by atoms with van der Waals surface area (Å²) in [4.78, 5) is 2.91. The average Bonchev–Trinajstić information content (AvgIpc) is 2.64. The van der Waals surface area contributed by atoms with Crippen LogP contribution in [0.25, 0.3) is 0 Å². The van der Waals surface area contributed by atoms with E-state index in [1.54, 1.807) is 6.26 Å². The summed E-state index contributed by atoms with van der Waals surface area (Å²) >= 11 is 5.07. The average molecular weight is 268 g/mol. The van der Waals surface area contributed by atoms with Crippen LogP contribution in [-0.2, 0) is 6.54 Å². The Bertz CT molecular complexity index is 398. The van der Waals surface area contributed by atoms with E-state index in [1.165, 1.54) is 5.56 Å². The second-order valence-corrected chi connectivity index (χ2v) is 6.03. The lowest BCUT2D eigenvalue weighted by atomic mass is 9.88. The van der Waals surface area contributed by atoms with Crippen molar-refractivity contribution in [3.05, 3.63) is 23.7 Å². The molecule has 4 heteroatoms. The molecule has 0 saturated heterocycles. The number of hydrogen-bond donors (Lipinski definition) is 1. The summed E-state index contributed by atoms with van der Waals surface area (Å²) < 4.78 is 5.30. The van der Waals surface area contributed by atoms with E-state index >= 15 is 0 Å². The molecular weight excluding hydrogens is 244 g/mol. The number of nitrogens with two attached hydrogens (primary N) is 1. The molecule has 0 aliphatic heterocycles. The molecule has 2 N–H and O–H groups in total. The molecule has 102 valence electrons. The molecule has 1 aromatic heterocycles. The van der Waals surface area contributed by atoms with Gasteiger partial charge in [0.2, 0.25) is 0 Å². The summed E-state index contributed by atoms with van der Waals surface area (Å²) in [5.41, 5.74) is 6.94. The fraction of sp³-hybridized carbons (Fsp3) is 0.643. The molecule has 0 amide bonds. The normalized spacial score (nSPS) is 12.1. The van der Waals surface area contributed by atoms with E-state index < -0.39 is 0 Å². The van der Waals surface area contributed by atoms with Gasteiger partial charge < -0.3 is 15.1 Å². The molecule has 1 rings (SSSR count). The van der Waals surface area contributed by atoms with Gasteiger partial charge in [0, 0.05) is 17.5 Å². The Morgan fingerprint density at radius 2 is 2.17 bits per heavy atom. The van der Waals surface area contributed by atoms with Crippen molar-refractivity contribution >= 4 is 17.2 Å². The van der Waals surface area contributed by atoms with Crippen LogP contribution in [0.1, 0.15) is 38.0 Å². The SMILES string of the molecule is Cc1occc1CN(C)CCCC(C)(C)C(N)=S. The lowest BCUT2D eigenvalue weighted by Crippen LogP contribution is -2.30. The van der Waals surface area contributed by atoms with Crippen molar-refractivity contribution in [2.75, 3.05) is 13.6 Å². The first kappa shape index (κ1) is 15.2. The molecule has 0 bridgehead atoms. The van der Waals surface area contributed by atoms with E-state index in [-0.39, 0.29) is 5.41 Å². The van der Waals surface area contributed by atoms with Crippen LogP contribution in [0.3, 0.4) is 0 Å². The van der Waals surface area contributed by atoms with E-state index in [1.807, 2.05) is 13.0 Å². The van der Waals surface area contributed by atoms with Crippen molar-refractivity contribution in [1.82, 2.24) is 4.90 Å². The van der Waals surface area contributed by atoms with Gasteiger partial charge in [0.05, 0.1) is 11.3 Å². The first-order valence-corrected chi connectivity index (χ1v) is 6.75. The van der Waals surface area contributed by atoms with Gasteiger partial charge in [-0.3, -0.25) is 0 Å². The third kappa shape index (κ3) is 4.42. The molecule has 0 unspecified atom stereocenters. The van der Waals surface area contributed by atoms with Gasteiger partial charge in [-0.05, 0) is 39.4 Å². The maximum absolute atomic E-state index is 5.72. The van der Waals surface area contributed by atoms with Crippen LogP contribution in [0.5, 0.6) is 0 Å². The van der Waals surface area contributed by atoms with Crippen LogP contribution in [0.2, 0.25) is 0 Å². The Morgan fingerprint density at radius 3 is 2.67 bits per heavy atom. The topological polar surface area (TPSA) is 42.4 Å². The number of nitrogens with zero attached hydrogens (tertiary/aromatic N) is 1. The van der Waals surface area contributed by atoms with E-state index in [0.717, 1.165) is 31.7 Å². The molecule has 0 aromatic carbocycles. The zero-order valence-electron chi connectivity index (χ0n) is 11.8. The zero-order valence-corrected chi connectivity index (χ0v) is 12.6. The lowest BCUT2D eigenvalue weighted by Gasteiger charge is -2.24. The molecule has 18 heavy (non-hydrogen) atoms. The Hall–Kier alpha value is -0.870. The van der Waals surface area contributed by atoms with Crippen LogP contribution >= 0.6 is 12.2 Å². The maximum atomic E-state index is 5.72. The minimum Gasteiger partial charge on any atom is -0.469 e. The van der Waals surface area contributed by atoms with Gasteiger partial charge in [0.15, 0.2) is 0 Å². The first-order valence-electron chi connectivity index (χ1n) is 6.34. The molecule has 3 nitrogen and oxygen atoms in total. The fourth-order valence-electron chi connectivity index (χ4n) is 1.86. The molecule has 0 aliphatic carbocycles. The standard InChI is InChI=1S/C14H24N2OS/c1-11-12(6-9-17-11)10-16(4)8-5-7-14(2,3)13(15)18/h6,9H,5,7-8,10H2,1-4H3,(H2,15,18). The minimum absolute atomic E-state index is 0.0400. The lowest BCUT2D eigenvalue weighted by molar-refractivity contribution is 0.299. The van der Waals surface area contributed by atoms with Gasteiger partial charge in [-0.2, -0.15) is 0 Å². The van der Waals surface area contributed by atoms with Gasteiger partial charge in [0.25, 0.3) is 0 Å². The van der Waals surface area contributed by atoms with E-state index in [9.17, 15) is 0 Å². The Kier molecular flexibility index (Phi) is 5.35. The molecule has 0 fully saturated rings. The summed E-state index contributed by atoms with van der Waals surface area (Å²) in [6.07, 6.45) is 3.86. The van der Waals surface area contributed by atoms with Gasteiger partial charge in [-0.15, -0.1) is 0 Å². The third-order valence-corrected chi connectivity index (χ3v) is 3.97. The number of hydrogen-bond acceptors (Lipinski definition) is 3. The van der Waals surface area contributed by atoms with Crippen molar-refractivity contribution in [3.63, 3.8) is 0 Å². The number of furan rings is 1. The van der Waals surface area contributed by atoms with Gasteiger partial charge in [0.1, 0.15) is 5.76 Å². The second-order valence-electron chi connectivity index (χ2n) is 5.59.